The SMILES string of the molecule is CC[C@H](C)NC(=O)[C@H](C)N(Cc1ccc(C)cc1)C(=O)CN(c1ccc(C)cc1)S(=O)(=O)c1ccc(OC)c(Br)c1. The number of hydrogen-bond acceptors (Lipinski definition) is 5. The lowest BCUT2D eigenvalue weighted by atomic mass is 10.1. The lowest BCUT2D eigenvalue weighted by Gasteiger charge is -2.32. The summed E-state index contributed by atoms with van der Waals surface area (Å²) in [7, 11) is -2.70. The lowest BCUT2D eigenvalue weighted by Crippen LogP contribution is -2.52. The minimum absolute atomic E-state index is 0.00815. The Kier molecular flexibility index (Phi) is 11.0. The van der Waals surface area contributed by atoms with E-state index >= 15 is 0 Å². The van der Waals surface area contributed by atoms with Gasteiger partial charge >= 0.3 is 0 Å². The Labute approximate surface area is 251 Å². The minimum atomic E-state index is -4.19. The average molecular weight is 645 g/mol. The van der Waals surface area contributed by atoms with Crippen molar-refractivity contribution in [3.05, 3.63) is 87.9 Å². The fourth-order valence-corrected chi connectivity index (χ4v) is 6.25. The van der Waals surface area contributed by atoms with Gasteiger partial charge in [-0.2, -0.15) is 0 Å². The van der Waals surface area contributed by atoms with Gasteiger partial charge in [-0.15, -0.1) is 0 Å². The molecule has 8 nitrogen and oxygen atoms in total. The van der Waals surface area contributed by atoms with E-state index in [4.69, 9.17) is 4.74 Å². The minimum Gasteiger partial charge on any atom is -0.496 e. The summed E-state index contributed by atoms with van der Waals surface area (Å²) in [5.41, 5.74) is 3.18. The van der Waals surface area contributed by atoms with Crippen LogP contribution in [0.25, 0.3) is 0 Å². The number of benzene rings is 3. The average Bonchev–Trinajstić information content (AvgIpc) is 2.95. The van der Waals surface area contributed by atoms with Crippen LogP contribution in [0.4, 0.5) is 5.69 Å². The van der Waals surface area contributed by atoms with Crippen LogP contribution in [0.3, 0.4) is 0 Å². The molecule has 3 rings (SSSR count). The fraction of sp³-hybridized carbons (Fsp3) is 0.355. The van der Waals surface area contributed by atoms with Crippen LogP contribution < -0.4 is 14.4 Å². The summed E-state index contributed by atoms with van der Waals surface area (Å²) in [6.45, 7) is 9.04. The van der Waals surface area contributed by atoms with Gasteiger partial charge in [0.2, 0.25) is 11.8 Å². The molecule has 2 amide bonds. The van der Waals surface area contributed by atoms with Crippen LogP contribution in [0.5, 0.6) is 5.75 Å². The van der Waals surface area contributed by atoms with Crippen molar-refractivity contribution in [2.24, 2.45) is 0 Å². The first-order valence-corrected chi connectivity index (χ1v) is 15.7. The van der Waals surface area contributed by atoms with Gasteiger partial charge in [-0.25, -0.2) is 8.42 Å². The van der Waals surface area contributed by atoms with Crippen LogP contribution >= 0.6 is 15.9 Å². The van der Waals surface area contributed by atoms with E-state index in [1.165, 1.54) is 24.1 Å². The smallest absolute Gasteiger partial charge is 0.264 e. The molecule has 0 heterocycles. The number of aryl methyl sites for hydroxylation is 2. The number of carbonyl (C=O) groups is 2. The first-order valence-electron chi connectivity index (χ1n) is 13.5. The standard InChI is InChI=1S/C31H38BrN3O5S/c1-7-23(4)33-31(37)24(5)34(19-25-12-8-21(2)9-13-25)30(36)20-35(26-14-10-22(3)11-15-26)41(38,39)27-16-17-29(40-6)28(32)18-27/h8-18,23-24H,7,19-20H2,1-6H3,(H,33,37)/t23-,24-/m0/s1. The van der Waals surface area contributed by atoms with Gasteiger partial charge in [-0.1, -0.05) is 54.4 Å². The van der Waals surface area contributed by atoms with Gasteiger partial charge < -0.3 is 15.0 Å². The van der Waals surface area contributed by atoms with Crippen LogP contribution in [0.2, 0.25) is 0 Å². The molecule has 0 saturated carbocycles. The highest BCUT2D eigenvalue weighted by Crippen LogP contribution is 2.31. The van der Waals surface area contributed by atoms with Crippen molar-refractivity contribution in [2.45, 2.75) is 64.6 Å². The third kappa shape index (κ3) is 8.10. The molecule has 0 radical (unpaired) electrons. The van der Waals surface area contributed by atoms with Crippen molar-refractivity contribution in [1.29, 1.82) is 0 Å². The van der Waals surface area contributed by atoms with E-state index < -0.39 is 28.5 Å². The van der Waals surface area contributed by atoms with E-state index in [0.717, 1.165) is 27.4 Å². The van der Waals surface area contributed by atoms with Crippen molar-refractivity contribution >= 4 is 43.5 Å². The molecule has 3 aromatic rings. The van der Waals surface area contributed by atoms with Gasteiger partial charge in [0.15, 0.2) is 0 Å². The molecule has 0 aliphatic heterocycles. The van der Waals surface area contributed by atoms with Crippen molar-refractivity contribution in [3.8, 4) is 5.75 Å². The second-order valence-corrected chi connectivity index (χ2v) is 12.9. The van der Waals surface area contributed by atoms with Crippen LogP contribution in [0.1, 0.15) is 43.9 Å². The van der Waals surface area contributed by atoms with Crippen molar-refractivity contribution in [1.82, 2.24) is 10.2 Å². The summed E-state index contributed by atoms with van der Waals surface area (Å²) in [5, 5.41) is 2.94. The summed E-state index contributed by atoms with van der Waals surface area (Å²) in [6, 6.07) is 18.1. The molecular weight excluding hydrogens is 606 g/mol. The normalized spacial score (nSPS) is 12.8. The Morgan fingerprint density at radius 2 is 1.54 bits per heavy atom. The van der Waals surface area contributed by atoms with E-state index in [1.807, 2.05) is 52.0 Å². The summed E-state index contributed by atoms with van der Waals surface area (Å²) < 4.78 is 34.9. The second kappa shape index (κ2) is 14.0. The number of ether oxygens (including phenoxy) is 1. The van der Waals surface area contributed by atoms with Crippen molar-refractivity contribution in [2.75, 3.05) is 18.0 Å². The second-order valence-electron chi connectivity index (χ2n) is 10.1. The Bertz CT molecular complexity index is 1460. The molecule has 0 unspecified atom stereocenters. The van der Waals surface area contributed by atoms with E-state index in [9.17, 15) is 18.0 Å². The van der Waals surface area contributed by atoms with Crippen LogP contribution in [0.15, 0.2) is 76.1 Å². The summed E-state index contributed by atoms with van der Waals surface area (Å²) >= 11 is 3.36. The van der Waals surface area contributed by atoms with Crippen LogP contribution in [0, 0.1) is 13.8 Å². The monoisotopic (exact) mass is 643 g/mol. The van der Waals surface area contributed by atoms with Gasteiger partial charge in [0, 0.05) is 12.6 Å². The summed E-state index contributed by atoms with van der Waals surface area (Å²) in [5.74, 6) is -0.329. The molecular formula is C31H38BrN3O5S. The maximum absolute atomic E-state index is 14.0. The maximum Gasteiger partial charge on any atom is 0.264 e. The topological polar surface area (TPSA) is 96.0 Å². The van der Waals surface area contributed by atoms with Gasteiger partial charge in [0.25, 0.3) is 10.0 Å². The molecule has 41 heavy (non-hydrogen) atoms. The number of nitrogens with zero attached hydrogens (tertiary/aromatic N) is 2. The number of rotatable bonds is 12. The van der Waals surface area contributed by atoms with E-state index in [0.29, 0.717) is 15.9 Å². The number of amides is 2. The number of anilines is 1. The number of hydrogen-bond donors (Lipinski definition) is 1. The first-order chi connectivity index (χ1) is 19.4. The molecule has 220 valence electrons. The molecule has 0 aliphatic rings. The number of halogens is 1. The predicted octanol–water partition coefficient (Wildman–Crippen LogP) is 5.60. The quantitative estimate of drug-likeness (QED) is 0.277. The third-order valence-corrected chi connectivity index (χ3v) is 9.34. The number of nitrogens with one attached hydrogen (secondary N) is 1. The highest BCUT2D eigenvalue weighted by Gasteiger charge is 2.33. The molecule has 0 saturated heterocycles. The molecule has 2 atom stereocenters. The summed E-state index contributed by atoms with van der Waals surface area (Å²) in [6.07, 6.45) is 0.737. The van der Waals surface area contributed by atoms with Gasteiger partial charge in [0.1, 0.15) is 18.3 Å². The fourth-order valence-electron chi connectivity index (χ4n) is 4.11. The van der Waals surface area contributed by atoms with Crippen molar-refractivity contribution in [3.63, 3.8) is 0 Å². The molecule has 3 aromatic carbocycles. The van der Waals surface area contributed by atoms with E-state index in [2.05, 4.69) is 21.2 Å². The van der Waals surface area contributed by atoms with Crippen LogP contribution in [-0.4, -0.2) is 50.9 Å². The molecule has 10 heteroatoms. The Balaban J connectivity index is 2.04. The van der Waals surface area contributed by atoms with Gasteiger partial charge in [-0.05, 0) is 85.9 Å². The zero-order valence-corrected chi connectivity index (χ0v) is 26.8. The van der Waals surface area contributed by atoms with Gasteiger partial charge in [-0.3, -0.25) is 13.9 Å². The highest BCUT2D eigenvalue weighted by atomic mass is 79.9. The van der Waals surface area contributed by atoms with Gasteiger partial charge in [0.05, 0.1) is 22.2 Å². The zero-order chi connectivity index (χ0) is 30.3. The third-order valence-electron chi connectivity index (χ3n) is 6.95. The van der Waals surface area contributed by atoms with Crippen molar-refractivity contribution < 1.29 is 22.7 Å². The molecule has 0 fully saturated rings. The number of methoxy groups -OCH3 is 1. The predicted molar refractivity (Wildman–Crippen MR) is 165 cm³/mol. The number of carbonyl (C=O) groups excluding carboxylic acids is 2. The molecule has 0 aliphatic carbocycles. The first kappa shape index (κ1) is 32.1. The highest BCUT2D eigenvalue weighted by molar-refractivity contribution is 9.10. The molecule has 0 bridgehead atoms. The van der Waals surface area contributed by atoms with Crippen LogP contribution in [-0.2, 0) is 26.2 Å². The van der Waals surface area contributed by atoms with E-state index in [-0.39, 0.29) is 23.4 Å². The Hall–Kier alpha value is -3.37. The zero-order valence-electron chi connectivity index (χ0n) is 24.3. The maximum atomic E-state index is 14.0. The lowest BCUT2D eigenvalue weighted by molar-refractivity contribution is -0.139. The Morgan fingerprint density at radius 1 is 0.951 bits per heavy atom. The summed E-state index contributed by atoms with van der Waals surface area (Å²) in [4.78, 5) is 28.6. The Morgan fingerprint density at radius 3 is 2.07 bits per heavy atom. The number of sulfonamides is 1. The molecule has 0 aromatic heterocycles. The van der Waals surface area contributed by atoms with E-state index in [1.54, 1.807) is 37.3 Å². The molecule has 1 N–H and O–H groups in total. The largest absolute Gasteiger partial charge is 0.496 e. The molecule has 0 spiro atoms.